The van der Waals surface area contributed by atoms with Crippen LogP contribution in [0.4, 0.5) is 4.79 Å². The predicted molar refractivity (Wildman–Crippen MR) is 180 cm³/mol. The molecule has 13 nitrogen and oxygen atoms in total. The lowest BCUT2D eigenvalue weighted by Crippen LogP contribution is -2.40. The monoisotopic (exact) mass is 672 g/mol. The van der Waals surface area contributed by atoms with Crippen LogP contribution in [-0.2, 0) is 38.1 Å². The highest BCUT2D eigenvalue weighted by molar-refractivity contribution is 6.23. The molecule has 13 heteroatoms. The third kappa shape index (κ3) is 11.6. The number of allylic oxidation sites excluding steroid dienone is 4. The van der Waals surface area contributed by atoms with Crippen molar-refractivity contribution >= 4 is 29.5 Å². The molecule has 1 heterocycles. The van der Waals surface area contributed by atoms with Crippen LogP contribution in [0.2, 0.25) is 0 Å². The molecule has 6 atom stereocenters. The molecule has 0 spiro atoms. The highest BCUT2D eigenvalue weighted by Crippen LogP contribution is 2.30. The lowest BCUT2D eigenvalue weighted by molar-refractivity contribution is -0.160. The SMILES string of the molecule is CCCNC1=C2C[C@@H](C)C[C@@H](OC)[C@@H](OC(=O)CCCN)[C@H](C)C=C(C)[C@@H](OC(N)=O)[C@H](OC)C=CC=C(C)C(=O)NC(=CC1=O)C2=O. The maximum atomic E-state index is 13.8. The molecule has 48 heavy (non-hydrogen) atoms. The third-order valence-corrected chi connectivity index (χ3v) is 8.16. The fourth-order valence-corrected chi connectivity index (χ4v) is 5.65. The van der Waals surface area contributed by atoms with Gasteiger partial charge in [-0.2, -0.15) is 0 Å². The average Bonchev–Trinajstić information content (AvgIpc) is 3.03. The van der Waals surface area contributed by atoms with Crippen LogP contribution in [0.1, 0.15) is 66.7 Å². The van der Waals surface area contributed by atoms with Crippen LogP contribution in [-0.4, -0.2) is 81.3 Å². The number of rotatable bonds is 10. The number of esters is 1. The number of nitrogens with one attached hydrogen (secondary N) is 2. The Labute approximate surface area is 283 Å². The van der Waals surface area contributed by atoms with E-state index in [9.17, 15) is 24.0 Å². The van der Waals surface area contributed by atoms with Gasteiger partial charge in [-0.05, 0) is 57.6 Å². The van der Waals surface area contributed by atoms with Gasteiger partial charge in [0.05, 0.1) is 17.5 Å². The number of fused-ring (bicyclic) bond motifs is 2. The van der Waals surface area contributed by atoms with Crippen molar-refractivity contribution in [3.8, 4) is 0 Å². The molecule has 0 fully saturated rings. The van der Waals surface area contributed by atoms with Gasteiger partial charge in [-0.25, -0.2) is 4.79 Å². The van der Waals surface area contributed by atoms with E-state index in [0.717, 1.165) is 12.5 Å². The molecule has 1 aliphatic carbocycles. The number of primary amides is 1. The second-order valence-electron chi connectivity index (χ2n) is 12.2. The molecule has 6 N–H and O–H groups in total. The van der Waals surface area contributed by atoms with Crippen molar-refractivity contribution in [1.82, 2.24) is 10.6 Å². The van der Waals surface area contributed by atoms with E-state index in [-0.39, 0.29) is 41.3 Å². The topological polar surface area (TPSA) is 198 Å². The highest BCUT2D eigenvalue weighted by atomic mass is 16.6. The number of hydrogen-bond donors (Lipinski definition) is 4. The first-order chi connectivity index (χ1) is 22.8. The second kappa shape index (κ2) is 19.7. The molecule has 0 aromatic rings. The van der Waals surface area contributed by atoms with Gasteiger partial charge >= 0.3 is 12.1 Å². The highest BCUT2D eigenvalue weighted by Gasteiger charge is 2.35. The van der Waals surface area contributed by atoms with E-state index in [1.165, 1.54) is 20.3 Å². The van der Waals surface area contributed by atoms with Crippen molar-refractivity contribution < 1.29 is 42.9 Å². The van der Waals surface area contributed by atoms with Crippen LogP contribution < -0.4 is 22.1 Å². The molecule has 0 aromatic carbocycles. The van der Waals surface area contributed by atoms with E-state index in [0.29, 0.717) is 31.5 Å². The van der Waals surface area contributed by atoms with Crippen LogP contribution in [0.5, 0.6) is 0 Å². The number of methoxy groups -OCH3 is 2. The molecule has 2 aliphatic rings. The summed E-state index contributed by atoms with van der Waals surface area (Å²) in [6.07, 6.45) is 5.16. The van der Waals surface area contributed by atoms with Crippen molar-refractivity contribution in [1.29, 1.82) is 0 Å². The van der Waals surface area contributed by atoms with E-state index in [4.69, 9.17) is 30.4 Å². The molecule has 1 aliphatic heterocycles. The number of ketones is 2. The van der Waals surface area contributed by atoms with Crippen LogP contribution >= 0.6 is 0 Å². The Bertz CT molecular complexity index is 1350. The smallest absolute Gasteiger partial charge is 0.405 e. The summed E-state index contributed by atoms with van der Waals surface area (Å²) in [7, 11) is 2.94. The minimum atomic E-state index is -1.02. The van der Waals surface area contributed by atoms with Gasteiger partial charge in [-0.3, -0.25) is 19.2 Å². The van der Waals surface area contributed by atoms with Crippen molar-refractivity contribution in [2.45, 2.75) is 91.1 Å². The number of carbonyl (C=O) groups is 5. The van der Waals surface area contributed by atoms with Crippen molar-refractivity contribution in [3.63, 3.8) is 0 Å². The third-order valence-electron chi connectivity index (χ3n) is 8.16. The Kier molecular flexibility index (Phi) is 16.4. The van der Waals surface area contributed by atoms with Gasteiger partial charge in [0.2, 0.25) is 11.6 Å². The maximum absolute atomic E-state index is 13.8. The standard InChI is InChI=1S/C35H52N4O9/c1-8-15-38-30-24-16-20(2)17-28(46-7)33(47-29(41)13-10-14-36)23(5)18-22(4)32(48-35(37)44)27(45-6)12-9-11-21(3)34(43)39-25(31(24)42)19-26(30)40/h9,11-12,18-20,23,27-28,32-33,38H,8,10,13-17,36H2,1-7H3,(H2,37,44)(H,39,43)/t20-,23-,27-,28-,32-,33+/m1/s1. The first-order valence-corrected chi connectivity index (χ1v) is 16.3. The zero-order valence-electron chi connectivity index (χ0n) is 29.1. The van der Waals surface area contributed by atoms with Gasteiger partial charge in [-0.15, -0.1) is 0 Å². The molecule has 0 radical (unpaired) electrons. The van der Waals surface area contributed by atoms with Crippen molar-refractivity contribution in [3.05, 3.63) is 58.5 Å². The number of Topliss-reactive ketones (excluding diaryl/α,β-unsaturated/α-hetero) is 1. The summed E-state index contributed by atoms with van der Waals surface area (Å²) in [5.74, 6) is -2.61. The molecular formula is C35H52N4O9. The Morgan fingerprint density at radius 2 is 1.79 bits per heavy atom. The van der Waals surface area contributed by atoms with Crippen LogP contribution in [0, 0.1) is 11.8 Å². The molecule has 2 amide bonds. The van der Waals surface area contributed by atoms with Gasteiger partial charge in [0.25, 0.3) is 5.91 Å². The Hall–Kier alpha value is -4.07. The Balaban J connectivity index is 2.72. The summed E-state index contributed by atoms with van der Waals surface area (Å²) < 4.78 is 23.0. The summed E-state index contributed by atoms with van der Waals surface area (Å²) in [6, 6.07) is 0. The quantitative estimate of drug-likeness (QED) is 0.151. The summed E-state index contributed by atoms with van der Waals surface area (Å²) in [4.78, 5) is 65.0. The first-order valence-electron chi connectivity index (χ1n) is 16.3. The van der Waals surface area contributed by atoms with Gasteiger partial charge < -0.3 is 41.0 Å². The summed E-state index contributed by atoms with van der Waals surface area (Å²) in [5, 5.41) is 5.69. The van der Waals surface area contributed by atoms with Gasteiger partial charge in [0.1, 0.15) is 12.2 Å². The minimum Gasteiger partial charge on any atom is -0.459 e. The van der Waals surface area contributed by atoms with Crippen LogP contribution in [0.15, 0.2) is 58.5 Å². The van der Waals surface area contributed by atoms with E-state index in [2.05, 4.69) is 10.6 Å². The van der Waals surface area contributed by atoms with Crippen LogP contribution in [0.25, 0.3) is 0 Å². The lowest BCUT2D eigenvalue weighted by Gasteiger charge is -2.32. The molecule has 2 rings (SSSR count). The van der Waals surface area contributed by atoms with E-state index < -0.39 is 59.9 Å². The molecule has 2 bridgehead atoms. The van der Waals surface area contributed by atoms with Gasteiger partial charge in [0.15, 0.2) is 6.10 Å². The summed E-state index contributed by atoms with van der Waals surface area (Å²) >= 11 is 0. The number of ether oxygens (including phenoxy) is 4. The summed E-state index contributed by atoms with van der Waals surface area (Å²) in [6.45, 7) is 9.79. The molecule has 0 saturated carbocycles. The number of amides is 2. The Morgan fingerprint density at radius 1 is 1.08 bits per heavy atom. The Morgan fingerprint density at radius 3 is 2.40 bits per heavy atom. The molecule has 0 unspecified atom stereocenters. The molecular weight excluding hydrogens is 620 g/mol. The second-order valence-corrected chi connectivity index (χ2v) is 12.2. The lowest BCUT2D eigenvalue weighted by atomic mass is 9.85. The summed E-state index contributed by atoms with van der Waals surface area (Å²) in [5.41, 5.74) is 12.2. The number of nitrogens with two attached hydrogens (primary N) is 2. The van der Waals surface area contributed by atoms with E-state index in [1.807, 2.05) is 26.8 Å². The predicted octanol–water partition coefficient (Wildman–Crippen LogP) is 3.05. The minimum absolute atomic E-state index is 0.113. The van der Waals surface area contributed by atoms with E-state index in [1.54, 1.807) is 26.0 Å². The fourth-order valence-electron chi connectivity index (χ4n) is 5.65. The maximum Gasteiger partial charge on any atom is 0.405 e. The van der Waals surface area contributed by atoms with Crippen LogP contribution in [0.3, 0.4) is 0 Å². The van der Waals surface area contributed by atoms with Gasteiger partial charge in [-0.1, -0.05) is 45.1 Å². The number of carbonyl (C=O) groups excluding carboxylic acids is 5. The molecule has 0 saturated heterocycles. The fraction of sp³-hybridized carbons (Fsp3) is 0.571. The zero-order chi connectivity index (χ0) is 36.0. The molecule has 266 valence electrons. The van der Waals surface area contributed by atoms with E-state index >= 15 is 0 Å². The zero-order valence-corrected chi connectivity index (χ0v) is 29.1. The number of hydrogen-bond acceptors (Lipinski definition) is 11. The van der Waals surface area contributed by atoms with Crippen molar-refractivity contribution in [2.75, 3.05) is 27.3 Å². The normalized spacial score (nSPS) is 26.2. The first kappa shape index (κ1) is 40.1. The van der Waals surface area contributed by atoms with Crippen molar-refractivity contribution in [2.24, 2.45) is 23.3 Å². The van der Waals surface area contributed by atoms with Gasteiger partial charge in [0, 0.05) is 50.3 Å². The average molecular weight is 673 g/mol. The largest absolute Gasteiger partial charge is 0.459 e. The molecule has 0 aromatic heterocycles.